The number of methoxy groups -OCH3 is 1. The summed E-state index contributed by atoms with van der Waals surface area (Å²) in [5, 5.41) is 12.4. The van der Waals surface area contributed by atoms with Gasteiger partial charge in [-0.2, -0.15) is 10.4 Å². The van der Waals surface area contributed by atoms with Gasteiger partial charge in [0.05, 0.1) is 16.9 Å². The van der Waals surface area contributed by atoms with Crippen LogP contribution < -0.4 is 19.6 Å². The Hall–Kier alpha value is -2.80. The highest BCUT2D eigenvalue weighted by Gasteiger charge is 2.06. The number of ether oxygens (including phenoxy) is 3. The van der Waals surface area contributed by atoms with Crippen molar-refractivity contribution in [1.29, 1.82) is 5.26 Å². The number of rotatable bonds is 8. The third-order valence-electron chi connectivity index (χ3n) is 3.08. The number of nitrogens with zero attached hydrogens (tertiary/aromatic N) is 2. The lowest BCUT2D eigenvalue weighted by Crippen LogP contribution is -2.24. The van der Waals surface area contributed by atoms with Gasteiger partial charge in [0.15, 0.2) is 24.7 Å². The molecule has 1 amide bonds. The number of amides is 1. The van der Waals surface area contributed by atoms with Crippen LogP contribution in [0.2, 0.25) is 0 Å². The molecule has 26 heavy (non-hydrogen) atoms. The second-order valence-corrected chi connectivity index (χ2v) is 6.03. The minimum Gasteiger partial charge on any atom is -0.493 e. The number of carbonyl (C=O) groups is 1. The second kappa shape index (κ2) is 10.2. The Morgan fingerprint density at radius 2 is 2.04 bits per heavy atom. The second-order valence-electron chi connectivity index (χ2n) is 4.87. The molecule has 1 N–H and O–H groups in total. The molecular formula is C18H16IN3O4. The summed E-state index contributed by atoms with van der Waals surface area (Å²) < 4.78 is 16.8. The monoisotopic (exact) mass is 465 g/mol. The summed E-state index contributed by atoms with van der Waals surface area (Å²) in [4.78, 5) is 11.8. The molecule has 0 radical (unpaired) electrons. The predicted octanol–water partition coefficient (Wildman–Crippen LogP) is 2.73. The minimum atomic E-state index is -0.373. The number of nitriles is 1. The highest BCUT2D eigenvalue weighted by atomic mass is 127. The number of hydrogen-bond donors (Lipinski definition) is 1. The van der Waals surface area contributed by atoms with Crippen LogP contribution in [-0.2, 0) is 4.79 Å². The lowest BCUT2D eigenvalue weighted by atomic mass is 10.2. The van der Waals surface area contributed by atoms with Crippen LogP contribution in [0.1, 0.15) is 5.56 Å². The van der Waals surface area contributed by atoms with Gasteiger partial charge in [-0.1, -0.05) is 12.1 Å². The molecule has 0 fully saturated rings. The summed E-state index contributed by atoms with van der Waals surface area (Å²) in [7, 11) is 1.50. The van der Waals surface area contributed by atoms with Crippen molar-refractivity contribution in [3.63, 3.8) is 0 Å². The van der Waals surface area contributed by atoms with E-state index in [0.29, 0.717) is 22.8 Å². The summed E-state index contributed by atoms with van der Waals surface area (Å²) in [6, 6.07) is 14.4. The molecule has 8 heteroatoms. The van der Waals surface area contributed by atoms with Crippen LogP contribution in [-0.4, -0.2) is 32.4 Å². The number of hydrazone groups is 1. The van der Waals surface area contributed by atoms with Crippen LogP contribution in [0.25, 0.3) is 0 Å². The van der Waals surface area contributed by atoms with Crippen molar-refractivity contribution in [3.05, 3.63) is 51.6 Å². The molecule has 0 aliphatic carbocycles. The van der Waals surface area contributed by atoms with E-state index in [2.05, 4.69) is 33.1 Å². The van der Waals surface area contributed by atoms with Gasteiger partial charge < -0.3 is 14.2 Å². The van der Waals surface area contributed by atoms with Crippen LogP contribution in [0.5, 0.6) is 17.2 Å². The smallest absolute Gasteiger partial charge is 0.277 e. The number of para-hydroxylation sites is 1. The Morgan fingerprint density at radius 3 is 2.77 bits per heavy atom. The van der Waals surface area contributed by atoms with Crippen LogP contribution >= 0.6 is 22.6 Å². The van der Waals surface area contributed by atoms with Gasteiger partial charge in [-0.25, -0.2) is 5.43 Å². The van der Waals surface area contributed by atoms with Crippen LogP contribution in [0.4, 0.5) is 0 Å². The largest absolute Gasteiger partial charge is 0.493 e. The van der Waals surface area contributed by atoms with E-state index in [-0.39, 0.29) is 19.1 Å². The topological polar surface area (TPSA) is 92.9 Å². The maximum atomic E-state index is 11.8. The first kappa shape index (κ1) is 19.5. The fraction of sp³-hybridized carbons (Fsp3) is 0.167. The standard InChI is InChI=1S/C18H16IN3O4/c1-24-17-10-13(6-7-16(17)25-9-8-20)11-21-22-18(23)12-26-15-5-3-2-4-14(15)19/h2-7,10-11H,9,12H2,1H3,(H,22,23). The number of benzene rings is 2. The van der Waals surface area contributed by atoms with Crippen LogP contribution in [0.15, 0.2) is 47.6 Å². The van der Waals surface area contributed by atoms with Crippen molar-refractivity contribution in [1.82, 2.24) is 5.43 Å². The lowest BCUT2D eigenvalue weighted by molar-refractivity contribution is -0.123. The van der Waals surface area contributed by atoms with E-state index in [9.17, 15) is 4.79 Å². The van der Waals surface area contributed by atoms with Crippen molar-refractivity contribution < 1.29 is 19.0 Å². The molecule has 7 nitrogen and oxygen atoms in total. The summed E-state index contributed by atoms with van der Waals surface area (Å²) in [5.74, 6) is 1.20. The molecule has 0 aliphatic heterocycles. The zero-order valence-electron chi connectivity index (χ0n) is 13.9. The van der Waals surface area contributed by atoms with Gasteiger partial charge in [-0.05, 0) is 58.5 Å². The molecule has 2 rings (SSSR count). The molecule has 0 saturated carbocycles. The van der Waals surface area contributed by atoms with Gasteiger partial charge >= 0.3 is 0 Å². The SMILES string of the molecule is COc1cc(C=NNC(=O)COc2ccccc2I)ccc1OCC#N. The molecule has 2 aromatic rings. The fourth-order valence-electron chi connectivity index (χ4n) is 1.91. The molecule has 2 aromatic carbocycles. The zero-order chi connectivity index (χ0) is 18.8. The maximum absolute atomic E-state index is 11.8. The van der Waals surface area contributed by atoms with Crippen molar-refractivity contribution in [2.24, 2.45) is 5.10 Å². The minimum absolute atomic E-state index is 0.0692. The average molecular weight is 465 g/mol. The molecule has 134 valence electrons. The Labute approximate surface area is 164 Å². The number of halogens is 1. The van der Waals surface area contributed by atoms with E-state index in [4.69, 9.17) is 19.5 Å². The highest BCUT2D eigenvalue weighted by molar-refractivity contribution is 14.1. The number of hydrogen-bond acceptors (Lipinski definition) is 6. The predicted molar refractivity (Wildman–Crippen MR) is 104 cm³/mol. The number of nitrogens with one attached hydrogen (secondary N) is 1. The first-order chi connectivity index (χ1) is 12.6. The Morgan fingerprint density at radius 1 is 1.23 bits per heavy atom. The van der Waals surface area contributed by atoms with Crippen LogP contribution in [0.3, 0.4) is 0 Å². The molecule has 0 aliphatic rings. The first-order valence-electron chi connectivity index (χ1n) is 7.51. The molecular weight excluding hydrogens is 449 g/mol. The molecule has 0 saturated heterocycles. The van der Waals surface area contributed by atoms with Gasteiger partial charge in [-0.3, -0.25) is 4.79 Å². The highest BCUT2D eigenvalue weighted by Crippen LogP contribution is 2.27. The van der Waals surface area contributed by atoms with E-state index in [1.165, 1.54) is 13.3 Å². The van der Waals surface area contributed by atoms with Crippen molar-refractivity contribution >= 4 is 34.7 Å². The zero-order valence-corrected chi connectivity index (χ0v) is 16.1. The Balaban J connectivity index is 1.88. The fourth-order valence-corrected chi connectivity index (χ4v) is 2.45. The van der Waals surface area contributed by atoms with Crippen molar-refractivity contribution in [2.75, 3.05) is 20.3 Å². The summed E-state index contributed by atoms with van der Waals surface area (Å²) in [5.41, 5.74) is 3.09. The van der Waals surface area contributed by atoms with Crippen molar-refractivity contribution in [2.45, 2.75) is 0 Å². The lowest BCUT2D eigenvalue weighted by Gasteiger charge is -2.08. The summed E-state index contributed by atoms with van der Waals surface area (Å²) in [6.45, 7) is -0.207. The third-order valence-corrected chi connectivity index (χ3v) is 3.97. The summed E-state index contributed by atoms with van der Waals surface area (Å²) in [6.07, 6.45) is 1.47. The quantitative estimate of drug-likeness (QED) is 0.368. The number of carbonyl (C=O) groups excluding carboxylic acids is 1. The Kier molecular flexibility index (Phi) is 7.70. The van der Waals surface area contributed by atoms with Gasteiger partial charge in [0.2, 0.25) is 0 Å². The first-order valence-corrected chi connectivity index (χ1v) is 8.59. The average Bonchev–Trinajstić information content (AvgIpc) is 2.66. The van der Waals surface area contributed by atoms with E-state index < -0.39 is 0 Å². The van der Waals surface area contributed by atoms with E-state index >= 15 is 0 Å². The van der Waals surface area contributed by atoms with E-state index in [1.807, 2.05) is 24.3 Å². The Bertz CT molecular complexity index is 833. The molecule has 0 heterocycles. The normalized spacial score (nSPS) is 10.2. The summed E-state index contributed by atoms with van der Waals surface area (Å²) >= 11 is 2.13. The maximum Gasteiger partial charge on any atom is 0.277 e. The van der Waals surface area contributed by atoms with E-state index in [0.717, 1.165) is 3.57 Å². The van der Waals surface area contributed by atoms with Gasteiger partial charge in [0.1, 0.15) is 11.8 Å². The molecule has 0 unspecified atom stereocenters. The van der Waals surface area contributed by atoms with Crippen LogP contribution in [0, 0.1) is 14.9 Å². The van der Waals surface area contributed by atoms with Gasteiger partial charge in [0.25, 0.3) is 5.91 Å². The third kappa shape index (κ3) is 5.93. The van der Waals surface area contributed by atoms with E-state index in [1.54, 1.807) is 24.3 Å². The van der Waals surface area contributed by atoms with Gasteiger partial charge in [-0.15, -0.1) is 0 Å². The molecule has 0 bridgehead atoms. The molecule has 0 atom stereocenters. The van der Waals surface area contributed by atoms with Crippen molar-refractivity contribution in [3.8, 4) is 23.3 Å². The molecule has 0 spiro atoms. The molecule has 0 aromatic heterocycles. The van der Waals surface area contributed by atoms with Gasteiger partial charge in [0, 0.05) is 0 Å².